The summed E-state index contributed by atoms with van der Waals surface area (Å²) in [7, 11) is 0. The monoisotopic (exact) mass is 672 g/mol. The summed E-state index contributed by atoms with van der Waals surface area (Å²) in [6.45, 7) is 2.11. The van der Waals surface area contributed by atoms with Gasteiger partial charge < -0.3 is 20.6 Å². The van der Waals surface area contributed by atoms with Crippen molar-refractivity contribution in [3.63, 3.8) is 0 Å². The van der Waals surface area contributed by atoms with E-state index in [1.807, 2.05) is 23.6 Å². The molecule has 10 nitrogen and oxygen atoms in total. The first-order valence-electron chi connectivity index (χ1n) is 12.8. The third kappa shape index (κ3) is 7.56. The molecule has 1 saturated heterocycles. The summed E-state index contributed by atoms with van der Waals surface area (Å²) in [6, 6.07) is 7.85. The summed E-state index contributed by atoms with van der Waals surface area (Å²) in [5, 5.41) is 31.7. The molecule has 1 fully saturated rings. The van der Waals surface area contributed by atoms with Crippen LogP contribution in [0.2, 0.25) is 10.0 Å². The Kier molecular flexibility index (Phi) is 11.1. The molecule has 2 atom stereocenters. The van der Waals surface area contributed by atoms with Crippen molar-refractivity contribution in [2.24, 2.45) is 0 Å². The largest absolute Gasteiger partial charge is 0.481 e. The molecular weight excluding hydrogens is 645 g/mol. The van der Waals surface area contributed by atoms with Crippen LogP contribution in [0.15, 0.2) is 51.4 Å². The minimum Gasteiger partial charge on any atom is -0.481 e. The number of aliphatic hydroxyl groups excluding tert-OH is 1. The van der Waals surface area contributed by atoms with E-state index in [0.29, 0.717) is 38.6 Å². The minimum atomic E-state index is -1.22. The molecule has 15 heteroatoms. The van der Waals surface area contributed by atoms with Gasteiger partial charge >= 0.3 is 11.9 Å². The highest BCUT2D eigenvalue weighted by atomic mass is 35.5. The van der Waals surface area contributed by atoms with Gasteiger partial charge in [-0.3, -0.25) is 19.3 Å². The predicted octanol–water partition coefficient (Wildman–Crippen LogP) is 3.22. The van der Waals surface area contributed by atoms with Crippen molar-refractivity contribution in [1.82, 2.24) is 10.2 Å². The maximum Gasteiger partial charge on any atom is 0.352 e. The maximum atomic E-state index is 13.0. The number of nitrogens with zero attached hydrogens (tertiary/aromatic N) is 2. The molecule has 0 spiro atoms. The number of hydrogen-bond donors (Lipinski definition) is 4. The first-order valence-corrected chi connectivity index (χ1v) is 16.5. The number of carboxylic acid groups (broad SMARTS) is 2. The van der Waals surface area contributed by atoms with Gasteiger partial charge in [-0.25, -0.2) is 4.79 Å². The minimum absolute atomic E-state index is 0.00793. The van der Waals surface area contributed by atoms with Gasteiger partial charge in [-0.15, -0.1) is 35.3 Å². The van der Waals surface area contributed by atoms with Gasteiger partial charge in [-0.1, -0.05) is 23.2 Å². The number of aryl methyl sites for hydroxylation is 2. The van der Waals surface area contributed by atoms with Crippen LogP contribution in [0.25, 0.3) is 0 Å². The predicted molar refractivity (Wildman–Crippen MR) is 162 cm³/mol. The third-order valence-corrected chi connectivity index (χ3v) is 10.7. The molecule has 0 bridgehead atoms. The molecule has 0 saturated carbocycles. The molecule has 4 rings (SSSR count). The molecule has 1 aromatic carbocycles. The number of fused-ring (bicyclic) bond motifs is 1. The first-order chi connectivity index (χ1) is 20.0. The van der Waals surface area contributed by atoms with Crippen LogP contribution in [0, 0.1) is 6.92 Å². The van der Waals surface area contributed by atoms with E-state index in [4.69, 9.17) is 28.3 Å². The van der Waals surface area contributed by atoms with Gasteiger partial charge in [0.1, 0.15) is 23.7 Å². The molecule has 2 aliphatic rings. The second-order valence-corrected chi connectivity index (χ2v) is 13.5. The number of thioether (sulfide) groups is 3. The molecule has 3 heterocycles. The number of aliphatic carboxylic acids is 2. The fraction of sp³-hybridized carbons (Fsp3) is 0.370. The first kappa shape index (κ1) is 32.5. The number of β-lactam (4-membered cyclic amide) rings is 1. The standard InChI is InChI=1S/C27H27Cl2N3O7S3/c1-14-8-18(10-17(3-5-22(35)36)31(14)6-7-33)40-11-15-12-42-26-23(25(37)32(26)24(15)27(38)39)30-21(34)13-41-20-9-16(28)2-4-19(20)29/h2,4,8-10,23,26,33H,3,5-7,11-13H2,1H3,(H2-,30,34,35,36,38,39)/p+1/t23-,26-/m1/s1. The van der Waals surface area contributed by atoms with Gasteiger partial charge in [0, 0.05) is 51.8 Å². The van der Waals surface area contributed by atoms with Crippen molar-refractivity contribution < 1.29 is 39.1 Å². The number of carboxylic acids is 2. The molecule has 42 heavy (non-hydrogen) atoms. The van der Waals surface area contributed by atoms with Crippen molar-refractivity contribution in [2.45, 2.75) is 47.5 Å². The second kappa shape index (κ2) is 14.4. The molecule has 0 radical (unpaired) electrons. The molecular formula is C27H28Cl2N3O7S3+. The molecule has 0 aliphatic carbocycles. The zero-order valence-electron chi connectivity index (χ0n) is 22.3. The SMILES string of the molecule is Cc1cc(SCC2=C(C(=O)O)N3C(=O)[C@@H](NC(=O)CSc4cc(Cl)ccc4Cl)[C@H]3SC2)cc(CCC(=O)O)[n+]1CCO. The van der Waals surface area contributed by atoms with Crippen LogP contribution < -0.4 is 9.88 Å². The van der Waals surface area contributed by atoms with Crippen LogP contribution in [-0.2, 0) is 32.1 Å². The van der Waals surface area contributed by atoms with Gasteiger partial charge in [-0.2, -0.15) is 4.57 Å². The van der Waals surface area contributed by atoms with Gasteiger partial charge in [0.25, 0.3) is 5.91 Å². The number of aromatic nitrogens is 1. The van der Waals surface area contributed by atoms with E-state index in [2.05, 4.69) is 5.32 Å². The van der Waals surface area contributed by atoms with Gasteiger partial charge in [0.15, 0.2) is 17.9 Å². The van der Waals surface area contributed by atoms with Crippen LogP contribution in [0.5, 0.6) is 0 Å². The zero-order valence-corrected chi connectivity index (χ0v) is 26.3. The van der Waals surface area contributed by atoms with Crippen LogP contribution in [-0.4, -0.2) is 79.3 Å². The highest BCUT2D eigenvalue weighted by molar-refractivity contribution is 8.01. The number of rotatable bonds is 13. The van der Waals surface area contributed by atoms with Crippen molar-refractivity contribution in [3.8, 4) is 0 Å². The van der Waals surface area contributed by atoms with Crippen LogP contribution in [0.1, 0.15) is 17.8 Å². The van der Waals surface area contributed by atoms with Gasteiger partial charge in [0.2, 0.25) is 5.91 Å². The number of carbonyl (C=O) groups excluding carboxylic acids is 2. The zero-order chi connectivity index (χ0) is 30.6. The molecule has 2 amide bonds. The highest BCUT2D eigenvalue weighted by Gasteiger charge is 2.54. The van der Waals surface area contributed by atoms with Crippen molar-refractivity contribution in [1.29, 1.82) is 0 Å². The lowest BCUT2D eigenvalue weighted by atomic mass is 10.0. The quantitative estimate of drug-likeness (QED) is 0.142. The summed E-state index contributed by atoms with van der Waals surface area (Å²) >= 11 is 16.1. The second-order valence-electron chi connectivity index (χ2n) is 9.46. The number of halogens is 2. The molecule has 2 aromatic rings. The van der Waals surface area contributed by atoms with E-state index in [9.17, 15) is 29.4 Å². The normalized spacial score (nSPS) is 18.0. The van der Waals surface area contributed by atoms with Crippen molar-refractivity contribution in [2.75, 3.05) is 23.9 Å². The highest BCUT2D eigenvalue weighted by Crippen LogP contribution is 2.42. The van der Waals surface area contributed by atoms with E-state index in [1.54, 1.807) is 18.2 Å². The van der Waals surface area contributed by atoms with Crippen LogP contribution in [0.4, 0.5) is 0 Å². The fourth-order valence-electron chi connectivity index (χ4n) is 4.65. The number of pyridine rings is 1. The van der Waals surface area contributed by atoms with Crippen molar-refractivity contribution in [3.05, 3.63) is 63.0 Å². The fourth-order valence-corrected chi connectivity index (χ4v) is 8.48. The Hall–Kier alpha value is -2.42. The Morgan fingerprint density at radius 3 is 2.62 bits per heavy atom. The number of nitrogens with one attached hydrogen (secondary N) is 1. The van der Waals surface area contributed by atoms with Gasteiger partial charge in [-0.05, 0) is 23.8 Å². The van der Waals surface area contributed by atoms with E-state index in [1.165, 1.54) is 40.2 Å². The Labute approximate surface area is 264 Å². The molecule has 2 aliphatic heterocycles. The Morgan fingerprint density at radius 2 is 1.93 bits per heavy atom. The average molecular weight is 674 g/mol. The average Bonchev–Trinajstić information content (AvgIpc) is 2.94. The van der Waals surface area contributed by atoms with Crippen LogP contribution in [0.3, 0.4) is 0 Å². The molecule has 0 unspecified atom stereocenters. The van der Waals surface area contributed by atoms with Crippen LogP contribution >= 0.6 is 58.5 Å². The third-order valence-electron chi connectivity index (χ3n) is 6.58. The van der Waals surface area contributed by atoms with Crippen molar-refractivity contribution >= 4 is 82.2 Å². The Bertz CT molecular complexity index is 1460. The van der Waals surface area contributed by atoms with Gasteiger partial charge in [0.05, 0.1) is 17.2 Å². The Balaban J connectivity index is 1.43. The molecule has 1 aromatic heterocycles. The van der Waals surface area contributed by atoms with E-state index in [0.717, 1.165) is 16.3 Å². The lowest BCUT2D eigenvalue weighted by molar-refractivity contribution is -0.711. The number of carbonyl (C=O) groups is 4. The number of hydrogen-bond acceptors (Lipinski definition) is 8. The smallest absolute Gasteiger partial charge is 0.352 e. The summed E-state index contributed by atoms with van der Waals surface area (Å²) in [6.07, 6.45) is 0.221. The number of aliphatic hydroxyl groups is 1. The summed E-state index contributed by atoms with van der Waals surface area (Å²) in [5.41, 5.74) is 2.10. The number of amides is 2. The topological polar surface area (TPSA) is 148 Å². The van der Waals surface area contributed by atoms with E-state index in [-0.39, 0.29) is 36.8 Å². The lowest BCUT2D eigenvalue weighted by Gasteiger charge is -2.49. The van der Waals surface area contributed by atoms with E-state index < -0.39 is 29.3 Å². The molecule has 4 N–H and O–H groups in total. The number of benzene rings is 1. The summed E-state index contributed by atoms with van der Waals surface area (Å²) < 4.78 is 1.87. The lowest BCUT2D eigenvalue weighted by Crippen LogP contribution is -2.70. The maximum absolute atomic E-state index is 13.0. The summed E-state index contributed by atoms with van der Waals surface area (Å²) in [4.78, 5) is 51.7. The Morgan fingerprint density at radius 1 is 1.17 bits per heavy atom. The van der Waals surface area contributed by atoms with E-state index >= 15 is 0 Å². The summed E-state index contributed by atoms with van der Waals surface area (Å²) in [5.74, 6) is -2.33. The molecule has 224 valence electrons.